The molecule has 12 unspecified atom stereocenters. The van der Waals surface area contributed by atoms with Crippen LogP contribution in [0.15, 0.2) is 12.7 Å². The Labute approximate surface area is 202 Å². The summed E-state index contributed by atoms with van der Waals surface area (Å²) in [4.78, 5) is 13.3. The first-order valence-electron chi connectivity index (χ1n) is 12.7. The summed E-state index contributed by atoms with van der Waals surface area (Å²) in [6.45, 7) is 9.79. The third-order valence-corrected chi connectivity index (χ3v) is 10.0. The number of aliphatic hydroxyl groups excluding tert-OH is 5. The second-order valence-electron chi connectivity index (χ2n) is 12.1. The van der Waals surface area contributed by atoms with E-state index in [9.17, 15) is 30.3 Å². The molecule has 0 bridgehead atoms. The molecule has 1 saturated heterocycles. The van der Waals surface area contributed by atoms with Gasteiger partial charge in [-0.15, -0.1) is 6.58 Å². The van der Waals surface area contributed by atoms with Crippen LogP contribution in [0.3, 0.4) is 0 Å². The van der Waals surface area contributed by atoms with Gasteiger partial charge in [-0.3, -0.25) is 4.79 Å². The van der Waals surface area contributed by atoms with E-state index in [1.165, 1.54) is 0 Å². The largest absolute Gasteiger partial charge is 0.394 e. The highest BCUT2D eigenvalue weighted by Crippen LogP contribution is 2.64. The summed E-state index contributed by atoms with van der Waals surface area (Å²) in [5.41, 5.74) is -1.00. The van der Waals surface area contributed by atoms with E-state index >= 15 is 0 Å². The van der Waals surface area contributed by atoms with Crippen molar-refractivity contribution >= 4 is 5.78 Å². The van der Waals surface area contributed by atoms with Crippen LogP contribution in [0, 0.1) is 34.0 Å². The van der Waals surface area contributed by atoms with Gasteiger partial charge in [0.2, 0.25) is 0 Å². The first-order chi connectivity index (χ1) is 15.9. The maximum Gasteiger partial charge on any atom is 0.186 e. The van der Waals surface area contributed by atoms with Crippen LogP contribution in [0.1, 0.15) is 59.3 Å². The minimum Gasteiger partial charge on any atom is -0.394 e. The quantitative estimate of drug-likeness (QED) is 0.368. The van der Waals surface area contributed by atoms with Crippen LogP contribution >= 0.6 is 0 Å². The van der Waals surface area contributed by atoms with Gasteiger partial charge < -0.3 is 35.0 Å². The second kappa shape index (κ2) is 9.21. The molecule has 1 aliphatic heterocycles. The lowest BCUT2D eigenvalue weighted by molar-refractivity contribution is -0.308. The average molecular weight is 483 g/mol. The number of ketones is 1. The molecule has 12 atom stereocenters. The molecule has 8 nitrogen and oxygen atoms in total. The topological polar surface area (TPSA) is 137 Å². The van der Waals surface area contributed by atoms with Crippen LogP contribution in [-0.2, 0) is 14.3 Å². The van der Waals surface area contributed by atoms with Gasteiger partial charge in [0, 0.05) is 6.42 Å². The van der Waals surface area contributed by atoms with Gasteiger partial charge in [0.15, 0.2) is 6.29 Å². The van der Waals surface area contributed by atoms with Crippen molar-refractivity contribution in [3.8, 4) is 0 Å². The van der Waals surface area contributed by atoms with Crippen molar-refractivity contribution in [1.82, 2.24) is 0 Å². The molecule has 0 aromatic heterocycles. The molecule has 0 amide bonds. The van der Waals surface area contributed by atoms with Crippen LogP contribution in [0.4, 0.5) is 0 Å². The number of fused-ring (bicyclic) bond motifs is 3. The van der Waals surface area contributed by atoms with Crippen molar-refractivity contribution < 1.29 is 39.8 Å². The van der Waals surface area contributed by atoms with Gasteiger partial charge in [0.25, 0.3) is 0 Å². The molecule has 0 aromatic carbocycles. The van der Waals surface area contributed by atoms with Crippen LogP contribution in [0.25, 0.3) is 0 Å². The molecule has 194 valence electrons. The number of hydrogen-bond acceptors (Lipinski definition) is 8. The number of allylic oxidation sites excluding steroid dienone is 1. The van der Waals surface area contributed by atoms with Crippen molar-refractivity contribution in [2.75, 3.05) is 13.2 Å². The monoisotopic (exact) mass is 482 g/mol. The SMILES string of the molecule is C=CC1(C)CCC2C(C1)C(O)CC1C(C)(COC3OC(CO)C(O)C(O)C3O)C(=O)CCC21C. The molecular formula is C26H42O8. The van der Waals surface area contributed by atoms with Gasteiger partial charge in [-0.1, -0.05) is 26.8 Å². The third kappa shape index (κ3) is 4.09. The standard InChI is InChI=1S/C26H42O8/c1-5-24(2)8-6-15-14(11-24)16(28)10-18-25(15,3)9-7-19(29)26(18,4)13-33-23-22(32)21(31)20(30)17(12-27)34-23/h5,14-18,20-23,27-28,30-32H,1,6-13H2,2-4H3. The lowest BCUT2D eigenvalue weighted by atomic mass is 9.42. The first-order valence-corrected chi connectivity index (χ1v) is 12.7. The summed E-state index contributed by atoms with van der Waals surface area (Å²) < 4.78 is 11.4. The molecule has 0 radical (unpaired) electrons. The number of aliphatic hydroxyl groups is 5. The van der Waals surface area contributed by atoms with Gasteiger partial charge >= 0.3 is 0 Å². The summed E-state index contributed by atoms with van der Waals surface area (Å²) in [5, 5.41) is 51.2. The summed E-state index contributed by atoms with van der Waals surface area (Å²) in [6, 6.07) is 0. The summed E-state index contributed by atoms with van der Waals surface area (Å²) in [7, 11) is 0. The zero-order chi connectivity index (χ0) is 25.1. The number of carbonyl (C=O) groups excluding carboxylic acids is 1. The molecule has 8 heteroatoms. The molecule has 0 spiro atoms. The summed E-state index contributed by atoms with van der Waals surface area (Å²) in [5.74, 6) is 0.434. The van der Waals surface area contributed by atoms with E-state index in [-0.39, 0.29) is 35.1 Å². The Bertz CT molecular complexity index is 787. The Morgan fingerprint density at radius 3 is 2.47 bits per heavy atom. The van der Waals surface area contributed by atoms with E-state index in [1.807, 2.05) is 13.0 Å². The molecule has 5 N–H and O–H groups in total. The van der Waals surface area contributed by atoms with Crippen molar-refractivity contribution in [3.63, 3.8) is 0 Å². The molecule has 3 saturated carbocycles. The van der Waals surface area contributed by atoms with E-state index in [1.54, 1.807) is 0 Å². The Balaban J connectivity index is 1.55. The Hall–Kier alpha value is -0.870. The molecular weight excluding hydrogens is 440 g/mol. The van der Waals surface area contributed by atoms with Crippen LogP contribution < -0.4 is 0 Å². The molecule has 4 aliphatic rings. The van der Waals surface area contributed by atoms with Crippen LogP contribution in [0.5, 0.6) is 0 Å². The van der Waals surface area contributed by atoms with Crippen LogP contribution in [0.2, 0.25) is 0 Å². The van der Waals surface area contributed by atoms with E-state index in [2.05, 4.69) is 20.4 Å². The number of ether oxygens (including phenoxy) is 2. The molecule has 34 heavy (non-hydrogen) atoms. The highest BCUT2D eigenvalue weighted by atomic mass is 16.7. The Morgan fingerprint density at radius 1 is 1.12 bits per heavy atom. The fraction of sp³-hybridized carbons (Fsp3) is 0.885. The number of hydrogen-bond donors (Lipinski definition) is 5. The first kappa shape index (κ1) is 26.2. The maximum absolute atomic E-state index is 13.3. The van der Waals surface area contributed by atoms with Gasteiger partial charge in [0.1, 0.15) is 30.2 Å². The normalized spacial score (nSPS) is 53.6. The van der Waals surface area contributed by atoms with E-state index < -0.39 is 48.8 Å². The Kier molecular flexibility index (Phi) is 7.10. The van der Waals surface area contributed by atoms with Crippen molar-refractivity contribution in [2.24, 2.45) is 34.0 Å². The average Bonchev–Trinajstić information content (AvgIpc) is 2.82. The fourth-order valence-corrected chi connectivity index (χ4v) is 7.69. The third-order valence-electron chi connectivity index (χ3n) is 10.0. The van der Waals surface area contributed by atoms with Crippen molar-refractivity contribution in [1.29, 1.82) is 0 Å². The van der Waals surface area contributed by atoms with Crippen LogP contribution in [-0.4, -0.2) is 81.3 Å². The number of Topliss-reactive ketones (excluding diaryl/α,β-unsaturated/α-hetero) is 1. The summed E-state index contributed by atoms with van der Waals surface area (Å²) >= 11 is 0. The van der Waals surface area contributed by atoms with Gasteiger partial charge in [0.05, 0.1) is 24.7 Å². The molecule has 4 rings (SSSR count). The lowest BCUT2D eigenvalue weighted by Crippen LogP contribution is -2.63. The number of carbonyl (C=O) groups is 1. The second-order valence-corrected chi connectivity index (χ2v) is 12.1. The van der Waals surface area contributed by atoms with Gasteiger partial charge in [-0.25, -0.2) is 0 Å². The van der Waals surface area contributed by atoms with E-state index in [0.717, 1.165) is 25.7 Å². The zero-order valence-electron chi connectivity index (χ0n) is 20.6. The fourth-order valence-electron chi connectivity index (χ4n) is 7.69. The smallest absolute Gasteiger partial charge is 0.186 e. The Morgan fingerprint density at radius 2 is 1.82 bits per heavy atom. The molecule has 3 aliphatic carbocycles. The predicted octanol–water partition coefficient (Wildman–Crippen LogP) is 1.17. The highest BCUT2D eigenvalue weighted by molar-refractivity contribution is 5.86. The zero-order valence-corrected chi connectivity index (χ0v) is 20.6. The lowest BCUT2D eigenvalue weighted by Gasteiger charge is -2.63. The van der Waals surface area contributed by atoms with Gasteiger partial charge in [-0.2, -0.15) is 0 Å². The molecule has 1 heterocycles. The minimum absolute atomic E-state index is 0.0192. The predicted molar refractivity (Wildman–Crippen MR) is 123 cm³/mol. The van der Waals surface area contributed by atoms with E-state index in [0.29, 0.717) is 18.8 Å². The number of rotatable bonds is 5. The summed E-state index contributed by atoms with van der Waals surface area (Å²) in [6.07, 6.45) is -0.738. The van der Waals surface area contributed by atoms with E-state index in [4.69, 9.17) is 9.47 Å². The highest BCUT2D eigenvalue weighted by Gasteiger charge is 2.62. The minimum atomic E-state index is -1.53. The van der Waals surface area contributed by atoms with Crippen molar-refractivity contribution in [3.05, 3.63) is 12.7 Å². The van der Waals surface area contributed by atoms with Crippen molar-refractivity contribution in [2.45, 2.75) is 96.1 Å². The van der Waals surface area contributed by atoms with Gasteiger partial charge in [-0.05, 0) is 60.7 Å². The maximum atomic E-state index is 13.3. The molecule has 4 fully saturated rings. The molecule has 0 aromatic rings.